The van der Waals surface area contributed by atoms with Crippen LogP contribution in [0.15, 0.2) is 54.4 Å². The Morgan fingerprint density at radius 3 is 2.85 bits per heavy atom. The van der Waals surface area contributed by atoms with Gasteiger partial charge in [0.25, 0.3) is 0 Å². The Labute approximate surface area is 242 Å². The first kappa shape index (κ1) is 27.1. The van der Waals surface area contributed by atoms with E-state index in [9.17, 15) is 10.1 Å². The van der Waals surface area contributed by atoms with E-state index in [1.807, 2.05) is 34.5 Å². The molecule has 0 N–H and O–H groups in total. The number of ether oxygens (including phenoxy) is 1. The van der Waals surface area contributed by atoms with E-state index in [1.165, 1.54) is 12.1 Å². The van der Waals surface area contributed by atoms with Crippen LogP contribution in [0.2, 0.25) is 0 Å². The molecule has 0 bridgehead atoms. The molecule has 2 aliphatic heterocycles. The number of carbonyl (C=O) groups is 1. The molecule has 8 nitrogen and oxygen atoms in total. The number of benzene rings is 2. The molecular weight excluding hydrogens is 539 g/mol. The van der Waals surface area contributed by atoms with Crippen LogP contribution in [0, 0.1) is 17.1 Å². The minimum Gasteiger partial charge on any atom is -0.462 e. The van der Waals surface area contributed by atoms with Crippen molar-refractivity contribution < 1.29 is 13.9 Å². The number of fused-ring (bicyclic) bond motifs is 2. The highest BCUT2D eigenvalue weighted by molar-refractivity contribution is 7.17. The van der Waals surface area contributed by atoms with Crippen molar-refractivity contribution in [2.75, 3.05) is 44.7 Å². The van der Waals surface area contributed by atoms with Crippen molar-refractivity contribution in [3.8, 4) is 23.2 Å². The molecule has 2 aliphatic rings. The molecule has 41 heavy (non-hydrogen) atoms. The van der Waals surface area contributed by atoms with Gasteiger partial charge in [-0.15, -0.1) is 11.3 Å². The number of anilines is 1. The number of thiophene rings is 1. The van der Waals surface area contributed by atoms with Crippen LogP contribution >= 0.6 is 11.3 Å². The van der Waals surface area contributed by atoms with Crippen LogP contribution in [0.5, 0.6) is 6.01 Å². The molecule has 2 fully saturated rings. The maximum absolute atomic E-state index is 15.9. The number of aromatic nitrogens is 2. The average Bonchev–Trinajstić information content (AvgIpc) is 3.64. The van der Waals surface area contributed by atoms with Crippen LogP contribution in [-0.2, 0) is 4.79 Å². The van der Waals surface area contributed by atoms with E-state index in [2.05, 4.69) is 24.6 Å². The number of likely N-dealkylation sites (tertiary alicyclic amines) is 1. The van der Waals surface area contributed by atoms with Gasteiger partial charge in [-0.2, -0.15) is 15.2 Å². The van der Waals surface area contributed by atoms with Gasteiger partial charge in [0.05, 0.1) is 24.0 Å². The Bertz CT molecular complexity index is 1670. The number of nitrogens with zero attached hydrogens (tertiary/aromatic N) is 6. The van der Waals surface area contributed by atoms with Crippen LogP contribution in [0.1, 0.15) is 19.3 Å². The van der Waals surface area contributed by atoms with Crippen LogP contribution < -0.4 is 9.64 Å². The van der Waals surface area contributed by atoms with E-state index in [1.54, 1.807) is 22.3 Å². The van der Waals surface area contributed by atoms with E-state index < -0.39 is 0 Å². The fourth-order valence-electron chi connectivity index (χ4n) is 5.95. The fourth-order valence-corrected chi connectivity index (χ4v) is 6.76. The Balaban J connectivity index is 1.43. The maximum atomic E-state index is 15.9. The zero-order valence-electron chi connectivity index (χ0n) is 22.9. The average molecular weight is 571 g/mol. The number of nitriles is 1. The Kier molecular flexibility index (Phi) is 7.56. The highest BCUT2D eigenvalue weighted by atomic mass is 32.1. The molecule has 2 aromatic heterocycles. The molecule has 4 aromatic rings. The normalized spacial score (nSPS) is 19.5. The third-order valence-corrected chi connectivity index (χ3v) is 9.06. The maximum Gasteiger partial charge on any atom is 0.319 e. The number of piperazine rings is 1. The van der Waals surface area contributed by atoms with Crippen LogP contribution in [0.25, 0.3) is 32.1 Å². The van der Waals surface area contributed by atoms with Crippen molar-refractivity contribution >= 4 is 44.1 Å². The summed E-state index contributed by atoms with van der Waals surface area (Å²) in [5.41, 5.74) is 1.86. The number of likely N-dealkylation sites (N-methyl/N-ethyl adjacent to an activating group) is 1. The summed E-state index contributed by atoms with van der Waals surface area (Å²) < 4.78 is 23.1. The van der Waals surface area contributed by atoms with Crippen molar-refractivity contribution in [2.45, 2.75) is 31.3 Å². The number of amides is 1. The fraction of sp³-hybridized carbons (Fsp3) is 0.355. The van der Waals surface area contributed by atoms with Crippen LogP contribution in [0.3, 0.4) is 0 Å². The van der Waals surface area contributed by atoms with Crippen LogP contribution in [0.4, 0.5) is 10.2 Å². The summed E-state index contributed by atoms with van der Waals surface area (Å²) in [6, 6.07) is 13.6. The quantitative estimate of drug-likeness (QED) is 0.281. The Morgan fingerprint density at radius 1 is 1.20 bits per heavy atom. The summed E-state index contributed by atoms with van der Waals surface area (Å²) in [7, 11) is 2.09. The number of carbonyl (C=O) groups excluding carboxylic acids is 1. The van der Waals surface area contributed by atoms with Crippen molar-refractivity contribution in [1.82, 2.24) is 19.8 Å². The van der Waals surface area contributed by atoms with Gasteiger partial charge >= 0.3 is 6.01 Å². The van der Waals surface area contributed by atoms with E-state index >= 15 is 4.39 Å². The molecule has 2 aromatic carbocycles. The smallest absolute Gasteiger partial charge is 0.319 e. The molecule has 2 atom stereocenters. The highest BCUT2D eigenvalue weighted by Gasteiger charge is 2.31. The molecule has 0 radical (unpaired) electrons. The van der Waals surface area contributed by atoms with Gasteiger partial charge in [0.2, 0.25) is 5.91 Å². The number of halogens is 1. The van der Waals surface area contributed by atoms with Gasteiger partial charge in [-0.1, -0.05) is 18.7 Å². The molecule has 2 unspecified atom stereocenters. The summed E-state index contributed by atoms with van der Waals surface area (Å²) >= 11 is 1.62. The SMILES string of the molecule is C=CC(=O)N1CCN(c2nc(OCC3CCCN3C)nc3cc(-c4cccc5sccc45)c(F)cc23)CC1CC#N. The molecule has 0 saturated carbocycles. The van der Waals surface area contributed by atoms with E-state index in [-0.39, 0.29) is 36.2 Å². The highest BCUT2D eigenvalue weighted by Crippen LogP contribution is 2.37. The standard InChI is InChI=1S/C31H31FN6O2S/c1-3-29(39)38-14-13-37(18-20(38)9-11-33)30-25-16-26(32)24(22-7-4-8-28-23(22)10-15-41-28)17-27(25)34-31(35-30)40-19-21-6-5-12-36(21)2/h3-4,7-8,10,15-17,20-21H,1,5-6,9,12-14,18-19H2,2H3. The van der Waals surface area contributed by atoms with Gasteiger partial charge in [0.15, 0.2) is 0 Å². The van der Waals surface area contributed by atoms with E-state index in [0.717, 1.165) is 35.0 Å². The van der Waals surface area contributed by atoms with Gasteiger partial charge in [-0.3, -0.25) is 4.79 Å². The molecule has 0 spiro atoms. The number of hydrogen-bond acceptors (Lipinski definition) is 8. The lowest BCUT2D eigenvalue weighted by molar-refractivity contribution is -0.128. The van der Waals surface area contributed by atoms with Gasteiger partial charge in [-0.25, -0.2) is 4.39 Å². The van der Waals surface area contributed by atoms with E-state index in [0.29, 0.717) is 48.5 Å². The monoisotopic (exact) mass is 570 g/mol. The summed E-state index contributed by atoms with van der Waals surface area (Å²) in [4.78, 5) is 28.0. The van der Waals surface area contributed by atoms with Crippen molar-refractivity contribution in [3.05, 3.63) is 60.3 Å². The lowest BCUT2D eigenvalue weighted by atomic mass is 9.99. The largest absolute Gasteiger partial charge is 0.462 e. The zero-order valence-corrected chi connectivity index (χ0v) is 23.7. The Hall–Kier alpha value is -4.07. The first-order valence-corrected chi connectivity index (χ1v) is 14.7. The summed E-state index contributed by atoms with van der Waals surface area (Å²) in [6.07, 6.45) is 3.61. The molecule has 6 rings (SSSR count). The van der Waals surface area contributed by atoms with E-state index in [4.69, 9.17) is 14.7 Å². The first-order chi connectivity index (χ1) is 20.0. The predicted molar refractivity (Wildman–Crippen MR) is 160 cm³/mol. The molecule has 4 heterocycles. The number of hydrogen-bond donors (Lipinski definition) is 0. The van der Waals surface area contributed by atoms with Crippen molar-refractivity contribution in [1.29, 1.82) is 5.26 Å². The molecule has 10 heteroatoms. The van der Waals surface area contributed by atoms with Gasteiger partial charge in [0, 0.05) is 46.7 Å². The van der Waals surface area contributed by atoms with Crippen molar-refractivity contribution in [3.63, 3.8) is 0 Å². The minimum absolute atomic E-state index is 0.166. The predicted octanol–water partition coefficient (Wildman–Crippen LogP) is 5.24. The van der Waals surface area contributed by atoms with Gasteiger partial charge in [-0.05, 0) is 67.7 Å². The second-order valence-electron chi connectivity index (χ2n) is 10.6. The topological polar surface area (TPSA) is 85.6 Å². The third-order valence-electron chi connectivity index (χ3n) is 8.17. The van der Waals surface area contributed by atoms with Gasteiger partial charge < -0.3 is 19.4 Å². The minimum atomic E-state index is -0.364. The lowest BCUT2D eigenvalue weighted by Crippen LogP contribution is -2.55. The molecule has 0 aliphatic carbocycles. The molecular formula is C31H31FN6O2S. The first-order valence-electron chi connectivity index (χ1n) is 13.8. The summed E-state index contributed by atoms with van der Waals surface area (Å²) in [5.74, 6) is -0.0330. The molecule has 210 valence electrons. The molecule has 1 amide bonds. The second kappa shape index (κ2) is 11.4. The van der Waals surface area contributed by atoms with Crippen molar-refractivity contribution in [2.24, 2.45) is 0 Å². The zero-order chi connectivity index (χ0) is 28.5. The summed E-state index contributed by atoms with van der Waals surface area (Å²) in [6.45, 7) is 6.34. The number of rotatable bonds is 7. The van der Waals surface area contributed by atoms with Gasteiger partial charge in [0.1, 0.15) is 18.2 Å². The second-order valence-corrected chi connectivity index (χ2v) is 11.6. The summed E-state index contributed by atoms with van der Waals surface area (Å²) in [5, 5.41) is 13.0. The Morgan fingerprint density at radius 2 is 2.07 bits per heavy atom. The third kappa shape index (κ3) is 5.23. The lowest BCUT2D eigenvalue weighted by Gasteiger charge is -2.41. The molecule has 2 saturated heterocycles. The van der Waals surface area contributed by atoms with Crippen LogP contribution in [-0.4, -0.2) is 77.6 Å².